The fourth-order valence-corrected chi connectivity index (χ4v) is 18.5. The molecule has 2 amide bonds. The number of carboxylic acids is 3. The summed E-state index contributed by atoms with van der Waals surface area (Å²) in [5, 5.41) is 32.4. The minimum atomic E-state index is -1.90. The summed E-state index contributed by atoms with van der Waals surface area (Å²) in [5.74, 6) is 5.43. The van der Waals surface area contributed by atoms with Crippen molar-refractivity contribution in [3.8, 4) is 44.0 Å². The zero-order valence-electron chi connectivity index (χ0n) is 89.5. The second kappa shape index (κ2) is 67.7. The molecular weight excluding hydrogens is 2760 g/mol. The van der Waals surface area contributed by atoms with Gasteiger partial charge in [-0.1, -0.05) is 315 Å². The molecule has 2 fully saturated rings. The first-order valence-electron chi connectivity index (χ1n) is 48.4. The van der Waals surface area contributed by atoms with Crippen LogP contribution < -0.4 is 16.4 Å². The van der Waals surface area contributed by atoms with Crippen LogP contribution in [0.25, 0.3) is 22.3 Å². The number of nitrogens with one attached hydrogen (secondary N) is 2. The molecule has 7 N–H and O–H groups in total. The third-order valence-corrected chi connectivity index (χ3v) is 40.3. The average Bonchev–Trinajstić information content (AvgIpc) is 1.03. The smallest absolute Gasteiger partial charge is 1.00 e. The minimum absolute atomic E-state index is 0. The van der Waals surface area contributed by atoms with Crippen molar-refractivity contribution < 1.29 is 185 Å². The summed E-state index contributed by atoms with van der Waals surface area (Å²) >= 11 is 1.29. The van der Waals surface area contributed by atoms with Gasteiger partial charge in [-0.2, -0.15) is 6.42 Å². The maximum absolute atomic E-state index is 13.5. The molecule has 2 heterocycles. The van der Waals surface area contributed by atoms with Crippen molar-refractivity contribution in [1.82, 2.24) is 20.4 Å². The van der Waals surface area contributed by atoms with E-state index in [1.54, 1.807) is 42.5 Å². The number of Topliss-reactive ketones (excluding diaryl/α,β-unsaturated/α-hetero) is 2. The van der Waals surface area contributed by atoms with Gasteiger partial charge in [0.1, 0.15) is 37.5 Å². The fourth-order valence-electron chi connectivity index (χ4n) is 15.0. The number of morpholine rings is 2. The number of allylic oxidation sites excluding steroid dienone is 2. The number of carboxylic acid groups (broad SMARTS) is 3. The normalized spacial score (nSPS) is 16.3. The van der Waals surface area contributed by atoms with Crippen molar-refractivity contribution >= 4 is 155 Å². The van der Waals surface area contributed by atoms with Gasteiger partial charge >= 0.3 is 185 Å². The first-order chi connectivity index (χ1) is 67.3. The van der Waals surface area contributed by atoms with Crippen LogP contribution >= 0.6 is 0 Å². The van der Waals surface area contributed by atoms with E-state index in [4.69, 9.17) is 53.3 Å². The maximum atomic E-state index is 13.5. The van der Waals surface area contributed by atoms with Crippen molar-refractivity contribution in [3.05, 3.63) is 306 Å². The predicted molar refractivity (Wildman–Crippen MR) is 582 cm³/mol. The molecule has 0 spiro atoms. The largest absolute Gasteiger partial charge is 2.00 e. The van der Waals surface area contributed by atoms with Crippen LogP contribution in [0.4, 0.5) is 9.59 Å². The number of cyclic esters (lactones) is 2. The molecule has 6 radical (unpaired) electrons. The number of nitrogens with two attached hydrogens (primary N) is 1. The Balaban J connectivity index is 0.000000914. The second-order valence-electron chi connectivity index (χ2n) is 39.5. The Kier molecular flexibility index (Phi) is 62.8. The molecule has 774 valence electrons. The monoisotopic (exact) mass is 2910 g/mol. The summed E-state index contributed by atoms with van der Waals surface area (Å²) in [6, 6.07) is 66.4. The number of amides is 2. The summed E-state index contributed by atoms with van der Waals surface area (Å²) in [6.45, 7) is 45.5. The molecule has 12 rings (SSSR count). The Hall–Kier alpha value is -6.76. The molecule has 0 bridgehead atoms. The average molecular weight is 2910 g/mol. The van der Waals surface area contributed by atoms with Crippen LogP contribution in [0.3, 0.4) is 0 Å². The van der Waals surface area contributed by atoms with Gasteiger partial charge in [0, 0.05) is 150 Å². The quantitative estimate of drug-likeness (QED) is 0.00319. The molecule has 24 nitrogen and oxygen atoms in total. The maximum Gasteiger partial charge on any atom is 2.00 e. The van der Waals surface area contributed by atoms with Gasteiger partial charge in [-0.05, 0) is 119 Å². The van der Waals surface area contributed by atoms with Crippen LogP contribution in [0.15, 0.2) is 255 Å². The van der Waals surface area contributed by atoms with Crippen LogP contribution in [0, 0.1) is 122 Å². The summed E-state index contributed by atoms with van der Waals surface area (Å²) in [7, 11) is -5.10. The molecule has 33 heteroatoms. The van der Waals surface area contributed by atoms with Crippen molar-refractivity contribution in [2.75, 3.05) is 52.7 Å². The standard InChI is InChI=1S/C34H39NO4Si.C23H25NO4.C21H20NO4.C14H17NO3.C12H25NO3Si.C10H19OSi.B.Sn.Sr.3U.H/c1-34(2,3)40(4,5)38-24-16-15-23-29-33(37)39-32(28-21-13-8-14-22-28)31(27-19-11-7-12-20-27)35(29)25-30(36)26-17-9-6-10-18-26;1-2-3-4-9-16(14-22(25)26)24-23(27)28-15-21-19-12-7-5-10-17(19)18-11-6-8-13-20(18)21;1-2-3-12-19(20(23)24)22-21(25)26-13-18-16-10-6-4-8-14(16)15-9-5-7-11-17(15)18;1-10-11(2)18-14(17)9-15(10)8-13(16)12-6-4-3-5-7-12;1-12(2,3)17(4,5)16-9-7-6-8-10(13)11(14)15;1-7-8-9-11-12(5,6)10(2,3)4;;;;;;;/h6-14,17-22,29,31-32H,16,24-25H2,1-5H3;4-13,16,21H,2-3,14-15H2,1H3,(H,24,27)(H,25,26);3-12,18-19H,1-2,13H2,(H,22,25)(H,23,24);3-7,10-11H,8-9H2,1-2H3;6,8,10H,7,9,13H2,1-5H3,(H,14,15);8-9H2,2-6H3;;;;;;;/q;;-1;;;;;;+2;;;;-1/b;9-4+;12-3+;;8-6+;;;;;;;;. The third-order valence-electron chi connectivity index (χ3n) is 26.2. The van der Waals surface area contributed by atoms with Crippen molar-refractivity contribution in [1.29, 1.82) is 0 Å². The number of esters is 2. The second-order valence-corrected chi connectivity index (χ2v) is 54.7. The number of fused-ring (bicyclic) bond motifs is 6. The van der Waals surface area contributed by atoms with E-state index < -0.39 is 97.3 Å². The van der Waals surface area contributed by atoms with E-state index in [-0.39, 0.29) is 240 Å². The van der Waals surface area contributed by atoms with Crippen LogP contribution in [0.1, 0.15) is 208 Å². The van der Waals surface area contributed by atoms with Gasteiger partial charge in [0.25, 0.3) is 0 Å². The van der Waals surface area contributed by atoms with Gasteiger partial charge < -0.3 is 67.8 Å². The molecule has 0 aromatic heterocycles. The summed E-state index contributed by atoms with van der Waals surface area (Å²) < 4.78 is 43.2. The van der Waals surface area contributed by atoms with Crippen molar-refractivity contribution in [3.63, 3.8) is 0 Å². The van der Waals surface area contributed by atoms with Gasteiger partial charge in [0.15, 0.2) is 34.2 Å². The van der Waals surface area contributed by atoms with Gasteiger partial charge in [-0.15, -0.1) is 6.08 Å². The number of carbonyl (C=O) groups excluding carboxylic acids is 6. The zero-order chi connectivity index (χ0) is 105. The van der Waals surface area contributed by atoms with E-state index in [1.165, 1.54) is 45.8 Å². The SMILES string of the molecule is CC(C)(C)[Si](C)(C)OCC/C=C/C(N)C(=O)O.CC(C)(C)[Si](C)(C)OCCC#CC1C(=O)OC(c2ccccc2)C(c2ccccc2)N1CC(=O)c1ccccc1.CC(C)(C)[Si](C)(C)OCCC#[C][Sn].CC1OC(=O)CN(CC(=O)c2ccccc2)C1C.CCC/C=C/C(CC(=O)O)NC(=O)OCC1c2ccccc2-c2ccccc21.[B].[CH2-]C/C=C/C(NC(=O)OCC1c2ccccc2-c2ccccc21)C(=O)O.[H-].[Sr+2].[U].[U].[U]. The molecule has 8 aromatic rings. The van der Waals surface area contributed by atoms with Gasteiger partial charge in [0.2, 0.25) is 0 Å². The molecule has 8 unspecified atom stereocenters. The Morgan fingerprint density at radius 1 is 0.531 bits per heavy atom. The fraction of sp³-hybridized carbons (Fsp3) is 0.404. The molecule has 8 atom stereocenters. The topological polar surface area (TPSA) is 335 Å². The van der Waals surface area contributed by atoms with E-state index in [2.05, 4.69) is 177 Å². The number of ether oxygens (including phenoxy) is 4. The Labute approximate surface area is 1000 Å². The number of hydrogen-bond donors (Lipinski definition) is 6. The summed E-state index contributed by atoms with van der Waals surface area (Å²) in [4.78, 5) is 111. The van der Waals surface area contributed by atoms with E-state index in [9.17, 15) is 43.2 Å². The van der Waals surface area contributed by atoms with Crippen LogP contribution in [-0.4, -0.2) is 269 Å². The number of benzene rings is 8. The number of alkyl carbamates (subject to hydrolysis) is 2. The number of unbranched alkanes of at least 4 members (excludes halogenated alkanes) is 1. The number of carbonyl (C=O) groups is 9. The number of ketones is 2. The van der Waals surface area contributed by atoms with Crippen LogP contribution in [0.5, 0.6) is 0 Å². The predicted octanol–water partition coefficient (Wildman–Crippen LogP) is 21.2. The zero-order valence-corrected chi connectivity index (χ0v) is 110. The summed E-state index contributed by atoms with van der Waals surface area (Å²) in [6.07, 6.45) is 11.9. The van der Waals surface area contributed by atoms with E-state index in [0.717, 1.165) is 70.4 Å². The molecule has 2 aliphatic heterocycles. The first-order valence-corrected chi connectivity index (χ1v) is 58.6. The first kappa shape index (κ1) is 136. The third kappa shape index (κ3) is 44.0. The van der Waals surface area contributed by atoms with E-state index in [1.807, 2.05) is 194 Å². The van der Waals surface area contributed by atoms with Gasteiger partial charge in [0.05, 0.1) is 38.1 Å². The molecule has 2 saturated heterocycles. The Morgan fingerprint density at radius 3 is 1.33 bits per heavy atom. The van der Waals surface area contributed by atoms with Crippen molar-refractivity contribution in [2.24, 2.45) is 5.73 Å². The summed E-state index contributed by atoms with van der Waals surface area (Å²) in [5.41, 5.74) is 17.5. The number of nitrogens with zero attached hydrogens (tertiary/aromatic N) is 2. The number of hydrogen-bond acceptors (Lipinski definition) is 19. The van der Waals surface area contributed by atoms with Gasteiger partial charge in [-0.25, -0.2) is 19.2 Å². The molecule has 147 heavy (non-hydrogen) atoms. The molecule has 2 aliphatic carbocycles. The minimum Gasteiger partial charge on any atom is -1.00 e. The van der Waals surface area contributed by atoms with Crippen LogP contribution in [-0.2, 0) is 56.2 Å². The Morgan fingerprint density at radius 2 is 0.925 bits per heavy atom. The van der Waals surface area contributed by atoms with Gasteiger partial charge in [-0.3, -0.25) is 33.8 Å². The molecule has 8 aromatic carbocycles. The molecule has 4 aliphatic rings. The molecular formula is C114H146BN5O19Si3SnSrU3. The van der Waals surface area contributed by atoms with E-state index in [0.29, 0.717) is 48.6 Å². The number of aliphatic carboxylic acids is 3. The van der Waals surface area contributed by atoms with Crippen LogP contribution in [0.2, 0.25) is 54.4 Å². The van der Waals surface area contributed by atoms with E-state index >= 15 is 0 Å². The number of rotatable bonds is 34. The molecule has 0 saturated carbocycles. The van der Waals surface area contributed by atoms with Crippen molar-refractivity contribution in [2.45, 2.75) is 243 Å². The Bertz CT molecular complexity index is 5620.